The number of sulfonamides is 1. The first kappa shape index (κ1) is 13.2. The molecule has 0 bridgehead atoms. The molecule has 16 heavy (non-hydrogen) atoms. The SMILES string of the molecule is [NH3+]CC[N-]S(=O)(=O)CCCc1ccccc1. The number of benzene rings is 1. The number of nitrogens with zero attached hydrogens (tertiary/aromatic N) is 1. The molecule has 0 radical (unpaired) electrons. The minimum Gasteiger partial charge on any atom is -0.544 e. The summed E-state index contributed by atoms with van der Waals surface area (Å²) in [4.78, 5) is 0. The van der Waals surface area contributed by atoms with Crippen molar-refractivity contribution < 1.29 is 14.2 Å². The van der Waals surface area contributed by atoms with Crippen molar-refractivity contribution in [3.63, 3.8) is 0 Å². The summed E-state index contributed by atoms with van der Waals surface area (Å²) in [6, 6.07) is 9.86. The molecule has 0 fully saturated rings. The zero-order chi connectivity index (χ0) is 11.9. The van der Waals surface area contributed by atoms with Crippen molar-refractivity contribution in [1.29, 1.82) is 0 Å². The Morgan fingerprint density at radius 1 is 1.19 bits per heavy atom. The van der Waals surface area contributed by atoms with E-state index in [2.05, 4.69) is 10.5 Å². The monoisotopic (exact) mass is 242 g/mol. The summed E-state index contributed by atoms with van der Waals surface area (Å²) in [5, 5.41) is 0. The van der Waals surface area contributed by atoms with E-state index in [-0.39, 0.29) is 5.75 Å². The van der Waals surface area contributed by atoms with Gasteiger partial charge in [0.05, 0.1) is 16.6 Å². The molecule has 0 atom stereocenters. The third kappa shape index (κ3) is 5.25. The van der Waals surface area contributed by atoms with Gasteiger partial charge in [0, 0.05) is 5.75 Å². The zero-order valence-corrected chi connectivity index (χ0v) is 10.1. The number of hydrogen-bond acceptors (Lipinski definition) is 2. The smallest absolute Gasteiger partial charge is 0.0723 e. The lowest BCUT2D eigenvalue weighted by atomic mass is 10.1. The van der Waals surface area contributed by atoms with Crippen LogP contribution in [0, 0.1) is 0 Å². The van der Waals surface area contributed by atoms with Gasteiger partial charge >= 0.3 is 0 Å². The predicted octanol–water partition coefficient (Wildman–Crippen LogP) is 0.565. The Morgan fingerprint density at radius 2 is 1.88 bits per heavy atom. The molecule has 0 aromatic heterocycles. The van der Waals surface area contributed by atoms with Crippen LogP contribution >= 0.6 is 0 Å². The molecule has 0 saturated carbocycles. The average molecular weight is 242 g/mol. The van der Waals surface area contributed by atoms with Gasteiger partial charge in [0.15, 0.2) is 0 Å². The number of quaternary nitrogens is 1. The molecular formula is C11H18N2O2S. The van der Waals surface area contributed by atoms with Gasteiger partial charge < -0.3 is 10.5 Å². The van der Waals surface area contributed by atoms with E-state index in [0.717, 1.165) is 12.0 Å². The average Bonchev–Trinajstić information content (AvgIpc) is 2.28. The number of rotatable bonds is 7. The Labute approximate surface area is 96.9 Å². The van der Waals surface area contributed by atoms with Crippen molar-refractivity contribution in [1.82, 2.24) is 0 Å². The molecule has 0 aliphatic heterocycles. The van der Waals surface area contributed by atoms with Gasteiger partial charge in [0.1, 0.15) is 0 Å². The van der Waals surface area contributed by atoms with Crippen LogP contribution in [0.25, 0.3) is 4.72 Å². The van der Waals surface area contributed by atoms with E-state index in [1.165, 1.54) is 0 Å². The fourth-order valence-corrected chi connectivity index (χ4v) is 2.42. The largest absolute Gasteiger partial charge is 0.544 e. The second kappa shape index (κ2) is 6.62. The first-order valence-electron chi connectivity index (χ1n) is 5.39. The predicted molar refractivity (Wildman–Crippen MR) is 64.5 cm³/mol. The highest BCUT2D eigenvalue weighted by Crippen LogP contribution is 2.07. The van der Waals surface area contributed by atoms with Gasteiger partial charge in [-0.15, -0.1) is 0 Å². The van der Waals surface area contributed by atoms with Crippen molar-refractivity contribution in [3.05, 3.63) is 40.6 Å². The van der Waals surface area contributed by atoms with E-state index in [1.54, 1.807) is 0 Å². The second-order valence-corrected chi connectivity index (χ2v) is 5.41. The highest BCUT2D eigenvalue weighted by atomic mass is 32.2. The Balaban J connectivity index is 2.30. The molecule has 0 amide bonds. The van der Waals surface area contributed by atoms with Gasteiger partial charge in [0.25, 0.3) is 0 Å². The maximum atomic E-state index is 11.4. The lowest BCUT2D eigenvalue weighted by Gasteiger charge is -2.17. The van der Waals surface area contributed by atoms with E-state index >= 15 is 0 Å². The third-order valence-electron chi connectivity index (χ3n) is 2.16. The van der Waals surface area contributed by atoms with Crippen LogP contribution in [0.15, 0.2) is 30.3 Å². The molecule has 0 saturated heterocycles. The fourth-order valence-electron chi connectivity index (χ4n) is 1.37. The number of hydrogen-bond donors (Lipinski definition) is 1. The molecule has 0 spiro atoms. The molecule has 0 aliphatic rings. The van der Waals surface area contributed by atoms with Crippen molar-refractivity contribution in [2.75, 3.05) is 18.8 Å². The van der Waals surface area contributed by atoms with Crippen LogP contribution in [0.2, 0.25) is 0 Å². The number of aryl methyl sites for hydroxylation is 1. The summed E-state index contributed by atoms with van der Waals surface area (Å²) in [7, 11) is -3.23. The topological polar surface area (TPSA) is 75.9 Å². The van der Waals surface area contributed by atoms with Crippen LogP contribution in [0.1, 0.15) is 12.0 Å². The standard InChI is InChI=1S/C11H17N2O2S/c12-8-9-13-16(14,15)10-4-7-11-5-2-1-3-6-11/h1-3,5-6H,4,7-10,12H2/q-1/p+1. The van der Waals surface area contributed by atoms with Crippen LogP contribution < -0.4 is 5.73 Å². The van der Waals surface area contributed by atoms with Crippen LogP contribution in [0.4, 0.5) is 0 Å². The van der Waals surface area contributed by atoms with Crippen molar-refractivity contribution >= 4 is 10.0 Å². The first-order chi connectivity index (χ1) is 7.64. The summed E-state index contributed by atoms with van der Waals surface area (Å²) in [5.74, 6) is 0.127. The zero-order valence-electron chi connectivity index (χ0n) is 9.30. The summed E-state index contributed by atoms with van der Waals surface area (Å²) in [6.07, 6.45) is 1.40. The lowest BCUT2D eigenvalue weighted by Crippen LogP contribution is -2.51. The molecule has 1 rings (SSSR count). The highest BCUT2D eigenvalue weighted by Gasteiger charge is 1.99. The molecule has 1 aromatic carbocycles. The Hall–Kier alpha value is -0.910. The molecule has 90 valence electrons. The van der Waals surface area contributed by atoms with Crippen molar-refractivity contribution in [2.45, 2.75) is 12.8 Å². The van der Waals surface area contributed by atoms with Gasteiger partial charge in [-0.3, -0.25) is 0 Å². The minimum absolute atomic E-state index is 0.127. The fraction of sp³-hybridized carbons (Fsp3) is 0.455. The summed E-state index contributed by atoms with van der Waals surface area (Å²) in [5.41, 5.74) is 4.72. The van der Waals surface area contributed by atoms with Gasteiger partial charge in [-0.2, -0.15) is 0 Å². The molecule has 0 aliphatic carbocycles. The third-order valence-corrected chi connectivity index (χ3v) is 3.54. The minimum atomic E-state index is -3.23. The Bertz CT molecular complexity index is 390. The molecular weight excluding hydrogens is 224 g/mol. The van der Waals surface area contributed by atoms with Gasteiger partial charge in [-0.05, 0) is 18.4 Å². The highest BCUT2D eigenvalue weighted by molar-refractivity contribution is 7.93. The van der Waals surface area contributed by atoms with Crippen LogP contribution in [-0.4, -0.2) is 27.3 Å². The van der Waals surface area contributed by atoms with E-state index in [4.69, 9.17) is 0 Å². The van der Waals surface area contributed by atoms with E-state index in [1.807, 2.05) is 30.3 Å². The summed E-state index contributed by atoms with van der Waals surface area (Å²) >= 11 is 0. The van der Waals surface area contributed by atoms with Gasteiger partial charge in [-0.1, -0.05) is 36.9 Å². The van der Waals surface area contributed by atoms with Gasteiger partial charge in [0.2, 0.25) is 0 Å². The molecule has 4 nitrogen and oxygen atoms in total. The molecule has 0 unspecified atom stereocenters. The van der Waals surface area contributed by atoms with Gasteiger partial charge in [-0.25, -0.2) is 8.42 Å². The molecule has 5 heteroatoms. The van der Waals surface area contributed by atoms with E-state index in [0.29, 0.717) is 19.5 Å². The molecule has 1 aromatic rings. The normalized spacial score (nSPS) is 11.6. The summed E-state index contributed by atoms with van der Waals surface area (Å²) < 4.78 is 26.4. The van der Waals surface area contributed by atoms with Crippen LogP contribution in [0.5, 0.6) is 0 Å². The second-order valence-electron chi connectivity index (χ2n) is 3.58. The molecule has 0 heterocycles. The lowest BCUT2D eigenvalue weighted by molar-refractivity contribution is -0.362. The Morgan fingerprint density at radius 3 is 2.50 bits per heavy atom. The van der Waals surface area contributed by atoms with Crippen LogP contribution in [-0.2, 0) is 16.4 Å². The molecule has 3 N–H and O–H groups in total. The van der Waals surface area contributed by atoms with E-state index in [9.17, 15) is 8.42 Å². The van der Waals surface area contributed by atoms with Crippen LogP contribution in [0.3, 0.4) is 0 Å². The Kier molecular flexibility index (Phi) is 5.45. The van der Waals surface area contributed by atoms with Crippen molar-refractivity contribution in [2.24, 2.45) is 0 Å². The first-order valence-corrected chi connectivity index (χ1v) is 6.99. The quantitative estimate of drug-likeness (QED) is 0.758. The van der Waals surface area contributed by atoms with E-state index < -0.39 is 10.0 Å². The maximum absolute atomic E-state index is 11.4. The maximum Gasteiger partial charge on any atom is 0.0723 e. The van der Waals surface area contributed by atoms with Crippen molar-refractivity contribution in [3.8, 4) is 0 Å². The summed E-state index contributed by atoms with van der Waals surface area (Å²) in [6.45, 7) is 0.825.